The number of benzene rings is 1. The summed E-state index contributed by atoms with van der Waals surface area (Å²) in [6.07, 6.45) is 4.10. The highest BCUT2D eigenvalue weighted by atomic mass is 16.5. The van der Waals surface area contributed by atoms with Crippen molar-refractivity contribution in [2.24, 2.45) is 0 Å². The van der Waals surface area contributed by atoms with E-state index >= 15 is 0 Å². The first kappa shape index (κ1) is 18.6. The highest BCUT2D eigenvalue weighted by Gasteiger charge is 2.20. The Kier molecular flexibility index (Phi) is 7.37. The molecule has 1 N–H and O–H groups in total. The van der Waals surface area contributed by atoms with Crippen molar-refractivity contribution < 1.29 is 14.3 Å². The molecule has 1 amide bonds. The summed E-state index contributed by atoms with van der Waals surface area (Å²) in [7, 11) is 1.60. The minimum absolute atomic E-state index is 0.0386. The standard InChI is InChI=1S/C19H30N2O3/c1-4-6-13-24-17-8-7-15(14-18(17)23-3)19(22)20-16-9-11-21(5-2)12-10-16/h7-8,14,16H,4-6,9-13H2,1-3H3,(H,20,22). The average Bonchev–Trinajstić information content (AvgIpc) is 2.62. The van der Waals surface area contributed by atoms with Crippen LogP contribution >= 0.6 is 0 Å². The molecule has 0 unspecified atom stereocenters. The summed E-state index contributed by atoms with van der Waals surface area (Å²) < 4.78 is 11.1. The van der Waals surface area contributed by atoms with Crippen molar-refractivity contribution in [2.75, 3.05) is 33.4 Å². The number of nitrogens with zero attached hydrogens (tertiary/aromatic N) is 1. The minimum Gasteiger partial charge on any atom is -0.493 e. The zero-order valence-corrected chi connectivity index (χ0v) is 15.1. The van der Waals surface area contributed by atoms with Gasteiger partial charge in [0.25, 0.3) is 5.91 Å². The van der Waals surface area contributed by atoms with Gasteiger partial charge in [-0.2, -0.15) is 0 Å². The van der Waals surface area contributed by atoms with Crippen LogP contribution in [0.2, 0.25) is 0 Å². The zero-order valence-electron chi connectivity index (χ0n) is 15.1. The molecule has 0 radical (unpaired) electrons. The van der Waals surface area contributed by atoms with Crippen molar-refractivity contribution in [3.05, 3.63) is 23.8 Å². The normalized spacial score (nSPS) is 16.0. The summed E-state index contributed by atoms with van der Waals surface area (Å²) in [5.74, 6) is 1.27. The van der Waals surface area contributed by atoms with Gasteiger partial charge < -0.3 is 19.7 Å². The number of carbonyl (C=O) groups is 1. The zero-order chi connectivity index (χ0) is 17.4. The van der Waals surface area contributed by atoms with Crippen LogP contribution in [0.15, 0.2) is 18.2 Å². The minimum atomic E-state index is -0.0386. The first-order valence-electron chi connectivity index (χ1n) is 9.02. The number of rotatable bonds is 8. The molecule has 134 valence electrons. The number of piperidine rings is 1. The molecule has 5 nitrogen and oxygen atoms in total. The van der Waals surface area contributed by atoms with Crippen LogP contribution in [0.4, 0.5) is 0 Å². The van der Waals surface area contributed by atoms with Gasteiger partial charge in [0.15, 0.2) is 11.5 Å². The van der Waals surface area contributed by atoms with Gasteiger partial charge in [-0.1, -0.05) is 20.3 Å². The third-order valence-corrected chi connectivity index (χ3v) is 4.55. The van der Waals surface area contributed by atoms with Crippen molar-refractivity contribution in [3.8, 4) is 11.5 Å². The van der Waals surface area contributed by atoms with Crippen LogP contribution in [0, 0.1) is 0 Å². The van der Waals surface area contributed by atoms with E-state index in [1.165, 1.54) is 0 Å². The molecule has 0 aromatic heterocycles. The number of ether oxygens (including phenoxy) is 2. The third-order valence-electron chi connectivity index (χ3n) is 4.55. The quantitative estimate of drug-likeness (QED) is 0.742. The lowest BCUT2D eigenvalue weighted by molar-refractivity contribution is 0.0912. The molecular formula is C19H30N2O3. The Hall–Kier alpha value is -1.75. The summed E-state index contributed by atoms with van der Waals surface area (Å²) in [6.45, 7) is 8.14. The fourth-order valence-corrected chi connectivity index (χ4v) is 2.92. The molecule has 0 saturated carbocycles. The molecule has 1 aromatic rings. The average molecular weight is 334 g/mol. The predicted molar refractivity (Wildman–Crippen MR) is 96.0 cm³/mol. The Morgan fingerprint density at radius 2 is 2.00 bits per heavy atom. The van der Waals surface area contributed by atoms with Gasteiger partial charge in [-0.25, -0.2) is 0 Å². The third kappa shape index (κ3) is 5.13. The van der Waals surface area contributed by atoms with Crippen LogP contribution in [0.3, 0.4) is 0 Å². The van der Waals surface area contributed by atoms with E-state index in [0.29, 0.717) is 23.7 Å². The number of amides is 1. The van der Waals surface area contributed by atoms with E-state index in [1.807, 2.05) is 6.07 Å². The molecule has 0 atom stereocenters. The number of carbonyl (C=O) groups excluding carboxylic acids is 1. The molecule has 1 aliphatic heterocycles. The molecule has 1 aromatic carbocycles. The van der Waals surface area contributed by atoms with Crippen LogP contribution in [-0.2, 0) is 0 Å². The Balaban J connectivity index is 1.94. The first-order valence-corrected chi connectivity index (χ1v) is 9.02. The SMILES string of the molecule is CCCCOc1ccc(C(=O)NC2CCN(CC)CC2)cc1OC. The topological polar surface area (TPSA) is 50.8 Å². The van der Waals surface area contributed by atoms with E-state index in [2.05, 4.69) is 24.1 Å². The number of nitrogens with one attached hydrogen (secondary N) is 1. The van der Waals surface area contributed by atoms with E-state index < -0.39 is 0 Å². The monoisotopic (exact) mass is 334 g/mol. The number of hydrogen-bond donors (Lipinski definition) is 1. The van der Waals surface area contributed by atoms with Crippen LogP contribution in [-0.4, -0.2) is 50.2 Å². The summed E-state index contributed by atoms with van der Waals surface area (Å²) in [4.78, 5) is 14.9. The maximum Gasteiger partial charge on any atom is 0.251 e. The van der Waals surface area contributed by atoms with Crippen molar-refractivity contribution >= 4 is 5.91 Å². The van der Waals surface area contributed by atoms with Gasteiger partial charge in [-0.15, -0.1) is 0 Å². The maximum atomic E-state index is 12.5. The van der Waals surface area contributed by atoms with Crippen LogP contribution in [0.5, 0.6) is 11.5 Å². The molecule has 1 fully saturated rings. The largest absolute Gasteiger partial charge is 0.493 e. The number of hydrogen-bond acceptors (Lipinski definition) is 4. The lowest BCUT2D eigenvalue weighted by Crippen LogP contribution is -2.44. The van der Waals surface area contributed by atoms with Gasteiger partial charge in [0.1, 0.15) is 0 Å². The Bertz CT molecular complexity index is 525. The van der Waals surface area contributed by atoms with Gasteiger partial charge in [-0.05, 0) is 44.0 Å². The predicted octanol–water partition coefficient (Wildman–Crippen LogP) is 3.09. The van der Waals surface area contributed by atoms with Crippen molar-refractivity contribution in [1.82, 2.24) is 10.2 Å². The molecule has 0 spiro atoms. The molecule has 0 bridgehead atoms. The molecule has 24 heavy (non-hydrogen) atoms. The van der Waals surface area contributed by atoms with Crippen molar-refractivity contribution in [2.45, 2.75) is 45.6 Å². The Morgan fingerprint density at radius 1 is 1.25 bits per heavy atom. The fraction of sp³-hybridized carbons (Fsp3) is 0.632. The van der Waals surface area contributed by atoms with Gasteiger partial charge in [0.2, 0.25) is 0 Å². The summed E-state index contributed by atoms with van der Waals surface area (Å²) in [5, 5.41) is 3.14. The van der Waals surface area contributed by atoms with E-state index in [0.717, 1.165) is 45.3 Å². The summed E-state index contributed by atoms with van der Waals surface area (Å²) in [6, 6.07) is 5.65. The molecule has 5 heteroatoms. The number of methoxy groups -OCH3 is 1. The fourth-order valence-electron chi connectivity index (χ4n) is 2.92. The maximum absolute atomic E-state index is 12.5. The molecular weight excluding hydrogens is 304 g/mol. The molecule has 1 aliphatic rings. The number of unbranched alkanes of at least 4 members (excludes halogenated alkanes) is 1. The van der Waals surface area contributed by atoms with Crippen molar-refractivity contribution in [1.29, 1.82) is 0 Å². The second kappa shape index (κ2) is 9.52. The Labute approximate surface area is 145 Å². The molecule has 2 rings (SSSR count). The second-order valence-electron chi connectivity index (χ2n) is 6.25. The molecule has 1 heterocycles. The van der Waals surface area contributed by atoms with Crippen LogP contribution in [0.25, 0.3) is 0 Å². The first-order chi connectivity index (χ1) is 11.7. The lowest BCUT2D eigenvalue weighted by atomic mass is 10.0. The number of likely N-dealkylation sites (tertiary alicyclic amines) is 1. The Morgan fingerprint density at radius 3 is 2.62 bits per heavy atom. The van der Waals surface area contributed by atoms with E-state index in [9.17, 15) is 4.79 Å². The van der Waals surface area contributed by atoms with Gasteiger partial charge >= 0.3 is 0 Å². The van der Waals surface area contributed by atoms with Gasteiger partial charge in [-0.3, -0.25) is 4.79 Å². The van der Waals surface area contributed by atoms with E-state index in [-0.39, 0.29) is 11.9 Å². The summed E-state index contributed by atoms with van der Waals surface area (Å²) in [5.41, 5.74) is 0.618. The smallest absolute Gasteiger partial charge is 0.251 e. The van der Waals surface area contributed by atoms with Gasteiger partial charge in [0, 0.05) is 24.7 Å². The van der Waals surface area contributed by atoms with Crippen molar-refractivity contribution in [3.63, 3.8) is 0 Å². The van der Waals surface area contributed by atoms with Crippen LogP contribution < -0.4 is 14.8 Å². The highest BCUT2D eigenvalue weighted by Crippen LogP contribution is 2.28. The lowest BCUT2D eigenvalue weighted by Gasteiger charge is -2.31. The van der Waals surface area contributed by atoms with Crippen LogP contribution in [0.1, 0.15) is 49.9 Å². The molecule has 0 aliphatic carbocycles. The highest BCUT2D eigenvalue weighted by molar-refractivity contribution is 5.95. The second-order valence-corrected chi connectivity index (χ2v) is 6.25. The molecule has 1 saturated heterocycles. The van der Waals surface area contributed by atoms with E-state index in [4.69, 9.17) is 9.47 Å². The summed E-state index contributed by atoms with van der Waals surface area (Å²) >= 11 is 0. The van der Waals surface area contributed by atoms with Gasteiger partial charge in [0.05, 0.1) is 13.7 Å². The van der Waals surface area contributed by atoms with E-state index in [1.54, 1.807) is 19.2 Å².